The molecule has 166 valence electrons. The molecule has 0 bridgehead atoms. The van der Waals surface area contributed by atoms with E-state index in [1.807, 2.05) is 0 Å². The maximum absolute atomic E-state index is 10.3. The zero-order valence-electron chi connectivity index (χ0n) is 19.7. The highest BCUT2D eigenvalue weighted by atomic mass is 16.3. The molecule has 1 N–H and O–H groups in total. The van der Waals surface area contributed by atoms with E-state index in [-0.39, 0.29) is 6.10 Å². The predicted molar refractivity (Wildman–Crippen MR) is 125 cm³/mol. The van der Waals surface area contributed by atoms with Crippen molar-refractivity contribution in [3.05, 3.63) is 35.4 Å². The summed E-state index contributed by atoms with van der Waals surface area (Å²) in [6, 6.07) is 8.98. The summed E-state index contributed by atoms with van der Waals surface area (Å²) in [4.78, 5) is 0. The summed E-state index contributed by atoms with van der Waals surface area (Å²) in [5.74, 6) is 4.63. The molecule has 4 aliphatic rings. The fourth-order valence-corrected chi connectivity index (χ4v) is 9.25. The second-order valence-corrected chi connectivity index (χ2v) is 12.2. The molecule has 0 aromatic heterocycles. The maximum atomic E-state index is 10.3. The average molecular weight is 409 g/mol. The van der Waals surface area contributed by atoms with Gasteiger partial charge in [-0.25, -0.2) is 0 Å². The number of fused-ring (bicyclic) bond motifs is 5. The molecule has 4 saturated carbocycles. The number of hydrogen-bond donors (Lipinski definition) is 1. The molecule has 1 heteroatoms. The summed E-state index contributed by atoms with van der Waals surface area (Å²) in [6.45, 7) is 7.58. The zero-order valence-corrected chi connectivity index (χ0v) is 19.7. The van der Waals surface area contributed by atoms with Gasteiger partial charge in [0, 0.05) is 0 Å². The van der Waals surface area contributed by atoms with Gasteiger partial charge in [0.05, 0.1) is 6.10 Å². The molecule has 4 aliphatic carbocycles. The number of aliphatic hydroxyl groups excluding tert-OH is 1. The second kappa shape index (κ2) is 7.95. The van der Waals surface area contributed by atoms with Crippen LogP contribution in [0.15, 0.2) is 24.3 Å². The van der Waals surface area contributed by atoms with Crippen LogP contribution in [0.4, 0.5) is 0 Å². The Hall–Kier alpha value is -0.820. The van der Waals surface area contributed by atoms with Crippen LogP contribution in [0.3, 0.4) is 0 Å². The number of aliphatic hydroxyl groups is 1. The van der Waals surface area contributed by atoms with Crippen molar-refractivity contribution in [3.8, 4) is 0 Å². The Bertz CT molecular complexity index is 754. The Kier molecular flexibility index (Phi) is 5.58. The van der Waals surface area contributed by atoms with E-state index in [0.29, 0.717) is 10.8 Å². The van der Waals surface area contributed by atoms with Crippen molar-refractivity contribution in [2.45, 2.75) is 104 Å². The van der Waals surface area contributed by atoms with Crippen molar-refractivity contribution in [1.82, 2.24) is 0 Å². The SMILES string of the molecule is Cc1ccccc1CCC[C@H]1CC[C@H]2[C@@H]3CC[C@H]4C[C@@H](O)CC[C@]4(C)[C@H]3CC[C@]12C. The first-order chi connectivity index (χ1) is 14.4. The molecule has 0 amide bonds. The lowest BCUT2D eigenvalue weighted by Crippen LogP contribution is -2.53. The second-order valence-electron chi connectivity index (χ2n) is 12.2. The molecule has 1 nitrogen and oxygen atoms in total. The standard InChI is InChI=1S/C29H44O/c1-20-7-4-5-8-21(20)9-6-10-22-12-14-26-25-13-11-23-19-24(30)15-17-29(23,3)27(25)16-18-28(22,26)2/h4-5,7-8,22-27,30H,6,9-19H2,1-3H3/t22-,23-,24-,25-,26-,27-,28+,29-/m0/s1. The summed E-state index contributed by atoms with van der Waals surface area (Å²) >= 11 is 0. The molecule has 0 spiro atoms. The van der Waals surface area contributed by atoms with E-state index in [9.17, 15) is 5.11 Å². The van der Waals surface area contributed by atoms with Crippen molar-refractivity contribution in [1.29, 1.82) is 0 Å². The highest BCUT2D eigenvalue weighted by molar-refractivity contribution is 5.25. The van der Waals surface area contributed by atoms with Crippen LogP contribution in [0.25, 0.3) is 0 Å². The minimum absolute atomic E-state index is 0.0161. The van der Waals surface area contributed by atoms with E-state index in [0.717, 1.165) is 42.4 Å². The molecular weight excluding hydrogens is 364 g/mol. The number of benzene rings is 1. The van der Waals surface area contributed by atoms with Gasteiger partial charge < -0.3 is 5.11 Å². The van der Waals surface area contributed by atoms with Gasteiger partial charge in [-0.15, -0.1) is 0 Å². The first-order valence-corrected chi connectivity index (χ1v) is 13.1. The summed E-state index contributed by atoms with van der Waals surface area (Å²) < 4.78 is 0. The molecule has 30 heavy (non-hydrogen) atoms. The minimum Gasteiger partial charge on any atom is -0.393 e. The van der Waals surface area contributed by atoms with Crippen LogP contribution < -0.4 is 0 Å². The summed E-state index contributed by atoms with van der Waals surface area (Å²) in [5, 5.41) is 10.3. The van der Waals surface area contributed by atoms with Crippen LogP contribution in [0.2, 0.25) is 0 Å². The molecular formula is C29H44O. The van der Waals surface area contributed by atoms with Crippen LogP contribution in [0.1, 0.15) is 95.6 Å². The molecule has 5 rings (SSSR count). The number of hydrogen-bond acceptors (Lipinski definition) is 1. The quantitative estimate of drug-likeness (QED) is 0.552. The summed E-state index contributed by atoms with van der Waals surface area (Å²) in [5.41, 5.74) is 4.15. The van der Waals surface area contributed by atoms with E-state index in [2.05, 4.69) is 45.0 Å². The smallest absolute Gasteiger partial charge is 0.0543 e. The van der Waals surface area contributed by atoms with E-state index >= 15 is 0 Å². The Balaban J connectivity index is 1.26. The van der Waals surface area contributed by atoms with Gasteiger partial charge in [0.25, 0.3) is 0 Å². The topological polar surface area (TPSA) is 20.2 Å². The van der Waals surface area contributed by atoms with Crippen LogP contribution in [-0.2, 0) is 6.42 Å². The summed E-state index contributed by atoms with van der Waals surface area (Å²) in [7, 11) is 0. The van der Waals surface area contributed by atoms with Crippen molar-refractivity contribution in [2.24, 2.45) is 40.4 Å². The highest BCUT2D eigenvalue weighted by Gasteiger charge is 2.59. The third kappa shape index (κ3) is 3.39. The van der Waals surface area contributed by atoms with Crippen LogP contribution in [-0.4, -0.2) is 11.2 Å². The zero-order chi connectivity index (χ0) is 20.9. The monoisotopic (exact) mass is 408 g/mol. The van der Waals surface area contributed by atoms with Crippen molar-refractivity contribution < 1.29 is 5.11 Å². The van der Waals surface area contributed by atoms with E-state index < -0.39 is 0 Å². The molecule has 0 radical (unpaired) electrons. The molecule has 0 heterocycles. The average Bonchev–Trinajstić information content (AvgIpc) is 3.06. The first-order valence-electron chi connectivity index (χ1n) is 13.1. The van der Waals surface area contributed by atoms with Gasteiger partial charge in [-0.1, -0.05) is 38.1 Å². The number of rotatable bonds is 4. The van der Waals surface area contributed by atoms with Gasteiger partial charge in [-0.3, -0.25) is 0 Å². The first kappa shape index (κ1) is 21.0. The Labute approximate surface area is 185 Å². The van der Waals surface area contributed by atoms with E-state index in [4.69, 9.17) is 0 Å². The van der Waals surface area contributed by atoms with Gasteiger partial charge in [-0.05, 0) is 136 Å². The third-order valence-corrected chi connectivity index (χ3v) is 11.1. The Morgan fingerprint density at radius 2 is 1.67 bits per heavy atom. The van der Waals surface area contributed by atoms with Gasteiger partial charge in [0.1, 0.15) is 0 Å². The highest BCUT2D eigenvalue weighted by Crippen LogP contribution is 2.67. The van der Waals surface area contributed by atoms with Gasteiger partial charge in [0.2, 0.25) is 0 Å². The van der Waals surface area contributed by atoms with Crippen LogP contribution in [0.5, 0.6) is 0 Å². The lowest BCUT2D eigenvalue weighted by atomic mass is 9.44. The fourth-order valence-electron chi connectivity index (χ4n) is 9.25. The number of aryl methyl sites for hydroxylation is 2. The molecule has 4 fully saturated rings. The molecule has 8 atom stereocenters. The molecule has 1 aromatic carbocycles. The Morgan fingerprint density at radius 3 is 2.50 bits per heavy atom. The molecule has 0 aliphatic heterocycles. The normalized spacial score (nSPS) is 45.5. The lowest BCUT2D eigenvalue weighted by Gasteiger charge is -2.61. The van der Waals surface area contributed by atoms with E-state index in [1.165, 1.54) is 69.8 Å². The van der Waals surface area contributed by atoms with Crippen molar-refractivity contribution in [2.75, 3.05) is 0 Å². The van der Waals surface area contributed by atoms with Gasteiger partial charge in [0.15, 0.2) is 0 Å². The molecule has 1 aromatic rings. The summed E-state index contributed by atoms with van der Waals surface area (Å²) in [6.07, 6.45) is 16.2. The fraction of sp³-hybridized carbons (Fsp3) is 0.793. The maximum Gasteiger partial charge on any atom is 0.0543 e. The van der Waals surface area contributed by atoms with Crippen LogP contribution >= 0.6 is 0 Å². The molecule has 0 unspecified atom stereocenters. The molecule has 0 saturated heterocycles. The van der Waals surface area contributed by atoms with Gasteiger partial charge in [-0.2, -0.15) is 0 Å². The third-order valence-electron chi connectivity index (χ3n) is 11.1. The van der Waals surface area contributed by atoms with Gasteiger partial charge >= 0.3 is 0 Å². The van der Waals surface area contributed by atoms with Crippen molar-refractivity contribution >= 4 is 0 Å². The van der Waals surface area contributed by atoms with E-state index in [1.54, 1.807) is 5.56 Å². The van der Waals surface area contributed by atoms with Crippen molar-refractivity contribution in [3.63, 3.8) is 0 Å². The lowest BCUT2D eigenvalue weighted by molar-refractivity contribution is -0.126. The Morgan fingerprint density at radius 1 is 0.900 bits per heavy atom. The van der Waals surface area contributed by atoms with Crippen LogP contribution in [0, 0.1) is 47.3 Å². The minimum atomic E-state index is -0.0161. The largest absolute Gasteiger partial charge is 0.393 e. The predicted octanol–water partition coefficient (Wildman–Crippen LogP) is 7.34.